The number of nitrogens with zero attached hydrogens (tertiary/aromatic N) is 2. The maximum Gasteiger partial charge on any atom is 0.188 e. The maximum atomic E-state index is 5.79. The number of hydrogen-bond acceptors (Lipinski definition) is 3. The van der Waals surface area contributed by atoms with Crippen LogP contribution in [0.25, 0.3) is 0 Å². The van der Waals surface area contributed by atoms with Crippen LogP contribution in [-0.4, -0.2) is 55.8 Å². The third kappa shape index (κ3) is 6.19. The molecular weight excluding hydrogens is 343 g/mol. The Bertz CT molecular complexity index is 252. The van der Waals surface area contributed by atoms with Gasteiger partial charge in [0.05, 0.1) is 19.8 Å². The number of aliphatic imine (C=N–C) groups is 1. The number of hydrogen-bond donors (Lipinski definition) is 2. The summed E-state index contributed by atoms with van der Waals surface area (Å²) in [5, 5.41) is 3.09. The summed E-state index contributed by atoms with van der Waals surface area (Å²) in [5.41, 5.74) is 5.84. The Morgan fingerprint density at radius 3 is 2.56 bits per heavy atom. The van der Waals surface area contributed by atoms with E-state index >= 15 is 0 Å². The number of nitrogens with two attached hydrogens (primary N) is 1. The van der Waals surface area contributed by atoms with Crippen LogP contribution in [0.3, 0.4) is 0 Å². The van der Waals surface area contributed by atoms with Crippen molar-refractivity contribution < 1.29 is 4.74 Å². The zero-order valence-corrected chi connectivity index (χ0v) is 14.1. The van der Waals surface area contributed by atoms with Crippen molar-refractivity contribution in [1.82, 2.24) is 10.2 Å². The van der Waals surface area contributed by atoms with Crippen LogP contribution in [0.2, 0.25) is 0 Å². The second-order valence-corrected chi connectivity index (χ2v) is 5.04. The molecule has 0 atom stereocenters. The Morgan fingerprint density at radius 1 is 1.39 bits per heavy atom. The highest BCUT2D eigenvalue weighted by Crippen LogP contribution is 2.16. The fraction of sp³-hybridized carbons (Fsp3) is 0.917. The average Bonchev–Trinajstić information content (AvgIpc) is 2.35. The molecule has 108 valence electrons. The van der Waals surface area contributed by atoms with Gasteiger partial charge in [0.15, 0.2) is 5.96 Å². The molecule has 0 radical (unpaired) electrons. The van der Waals surface area contributed by atoms with E-state index in [1.54, 1.807) is 0 Å². The van der Waals surface area contributed by atoms with Crippen molar-refractivity contribution in [3.63, 3.8) is 0 Å². The Kier molecular flexibility index (Phi) is 8.89. The fourth-order valence-electron chi connectivity index (χ4n) is 1.86. The molecule has 0 aromatic heterocycles. The molecule has 1 rings (SSSR count). The summed E-state index contributed by atoms with van der Waals surface area (Å²) in [6.45, 7) is 11.7. The van der Waals surface area contributed by atoms with Gasteiger partial charge in [0, 0.05) is 25.2 Å². The van der Waals surface area contributed by atoms with Crippen LogP contribution < -0.4 is 11.1 Å². The van der Waals surface area contributed by atoms with Crippen LogP contribution in [0.5, 0.6) is 0 Å². The average molecular weight is 370 g/mol. The first-order valence-corrected chi connectivity index (χ1v) is 6.43. The predicted molar refractivity (Wildman–Crippen MR) is 86.7 cm³/mol. The Hall–Kier alpha value is -0.0800. The van der Waals surface area contributed by atoms with Gasteiger partial charge in [-0.3, -0.25) is 9.89 Å². The number of rotatable bonds is 5. The molecule has 0 spiro atoms. The van der Waals surface area contributed by atoms with E-state index in [0.717, 1.165) is 45.8 Å². The molecule has 0 bridgehead atoms. The van der Waals surface area contributed by atoms with Crippen molar-refractivity contribution in [2.75, 3.05) is 39.4 Å². The minimum Gasteiger partial charge on any atom is -0.379 e. The summed E-state index contributed by atoms with van der Waals surface area (Å²) in [5.74, 6) is 0.549. The van der Waals surface area contributed by atoms with Crippen molar-refractivity contribution in [2.45, 2.75) is 32.7 Å². The van der Waals surface area contributed by atoms with E-state index < -0.39 is 0 Å². The van der Waals surface area contributed by atoms with Gasteiger partial charge in [-0.05, 0) is 20.3 Å². The molecule has 1 saturated heterocycles. The third-order valence-electron chi connectivity index (χ3n) is 3.06. The number of morpholine rings is 1. The van der Waals surface area contributed by atoms with Crippen LogP contribution in [0.15, 0.2) is 4.99 Å². The molecule has 0 aromatic carbocycles. The first-order chi connectivity index (χ1) is 8.06. The normalized spacial score (nSPS) is 18.3. The van der Waals surface area contributed by atoms with Crippen molar-refractivity contribution in [1.29, 1.82) is 0 Å². The fourth-order valence-corrected chi connectivity index (χ4v) is 1.86. The van der Waals surface area contributed by atoms with Gasteiger partial charge in [0.1, 0.15) is 0 Å². The second kappa shape index (κ2) is 8.92. The maximum absolute atomic E-state index is 5.79. The molecule has 1 heterocycles. The lowest BCUT2D eigenvalue weighted by atomic mass is 10.0. The molecule has 0 aromatic rings. The molecule has 0 unspecified atom stereocenters. The minimum atomic E-state index is 0. The number of ether oxygens (including phenoxy) is 1. The molecule has 5 nitrogen and oxygen atoms in total. The van der Waals surface area contributed by atoms with E-state index in [2.05, 4.69) is 36.0 Å². The Morgan fingerprint density at radius 2 is 2.00 bits per heavy atom. The van der Waals surface area contributed by atoms with Gasteiger partial charge in [-0.15, -0.1) is 24.0 Å². The number of guanidine groups is 1. The standard InChI is InChI=1S/C12H26N4O.HI/c1-4-5-14-11(13)15-10-12(2,3)16-6-8-17-9-7-16;/h4-10H2,1-3H3,(H3,13,14,15);1H. The van der Waals surface area contributed by atoms with Gasteiger partial charge in [-0.1, -0.05) is 6.92 Å². The lowest BCUT2D eigenvalue weighted by molar-refractivity contribution is -0.00682. The van der Waals surface area contributed by atoms with Crippen LogP contribution in [0, 0.1) is 0 Å². The quantitative estimate of drug-likeness (QED) is 0.431. The zero-order valence-electron chi connectivity index (χ0n) is 11.7. The molecule has 0 amide bonds. The molecule has 1 fully saturated rings. The van der Waals surface area contributed by atoms with Gasteiger partial charge in [-0.2, -0.15) is 0 Å². The zero-order chi connectivity index (χ0) is 12.7. The summed E-state index contributed by atoms with van der Waals surface area (Å²) < 4.78 is 5.36. The third-order valence-corrected chi connectivity index (χ3v) is 3.06. The van der Waals surface area contributed by atoms with Gasteiger partial charge in [-0.25, -0.2) is 0 Å². The summed E-state index contributed by atoms with van der Waals surface area (Å²) >= 11 is 0. The molecule has 18 heavy (non-hydrogen) atoms. The van der Waals surface area contributed by atoms with Crippen molar-refractivity contribution in [3.05, 3.63) is 0 Å². The van der Waals surface area contributed by atoms with Crippen molar-refractivity contribution in [2.24, 2.45) is 10.7 Å². The van der Waals surface area contributed by atoms with E-state index in [-0.39, 0.29) is 29.5 Å². The van der Waals surface area contributed by atoms with E-state index in [1.165, 1.54) is 0 Å². The highest BCUT2D eigenvalue weighted by Gasteiger charge is 2.27. The molecule has 0 saturated carbocycles. The van der Waals surface area contributed by atoms with Gasteiger partial charge >= 0.3 is 0 Å². The summed E-state index contributed by atoms with van der Waals surface area (Å²) in [6, 6.07) is 0. The number of nitrogens with one attached hydrogen (secondary N) is 1. The van der Waals surface area contributed by atoms with Crippen molar-refractivity contribution in [3.8, 4) is 0 Å². The SMILES string of the molecule is CCCNC(N)=NCC(C)(C)N1CCOCC1.I. The molecule has 6 heteroatoms. The Balaban J connectivity index is 0.00000289. The topological polar surface area (TPSA) is 62.9 Å². The highest BCUT2D eigenvalue weighted by molar-refractivity contribution is 14.0. The predicted octanol–water partition coefficient (Wildman–Crippen LogP) is 1.03. The first-order valence-electron chi connectivity index (χ1n) is 6.43. The van der Waals surface area contributed by atoms with E-state index in [4.69, 9.17) is 10.5 Å². The summed E-state index contributed by atoms with van der Waals surface area (Å²) in [7, 11) is 0. The van der Waals surface area contributed by atoms with Crippen LogP contribution >= 0.6 is 24.0 Å². The van der Waals surface area contributed by atoms with E-state index in [1.807, 2.05) is 0 Å². The largest absolute Gasteiger partial charge is 0.379 e. The van der Waals surface area contributed by atoms with Gasteiger partial charge in [0.25, 0.3) is 0 Å². The smallest absolute Gasteiger partial charge is 0.188 e. The van der Waals surface area contributed by atoms with Crippen LogP contribution in [0.1, 0.15) is 27.2 Å². The number of halogens is 1. The summed E-state index contributed by atoms with van der Waals surface area (Å²) in [4.78, 5) is 6.82. The monoisotopic (exact) mass is 370 g/mol. The lowest BCUT2D eigenvalue weighted by Gasteiger charge is -2.39. The lowest BCUT2D eigenvalue weighted by Crippen LogP contribution is -2.52. The van der Waals surface area contributed by atoms with Crippen LogP contribution in [-0.2, 0) is 4.74 Å². The van der Waals surface area contributed by atoms with Crippen LogP contribution in [0.4, 0.5) is 0 Å². The molecular formula is C12H27IN4O. The molecule has 1 aliphatic heterocycles. The highest BCUT2D eigenvalue weighted by atomic mass is 127. The molecule has 3 N–H and O–H groups in total. The first kappa shape index (κ1) is 17.9. The minimum absolute atomic E-state index is 0. The summed E-state index contributed by atoms with van der Waals surface area (Å²) in [6.07, 6.45) is 1.06. The Labute approximate surface area is 128 Å². The van der Waals surface area contributed by atoms with Gasteiger partial charge < -0.3 is 15.8 Å². The second-order valence-electron chi connectivity index (χ2n) is 5.04. The van der Waals surface area contributed by atoms with E-state index in [9.17, 15) is 0 Å². The van der Waals surface area contributed by atoms with Crippen molar-refractivity contribution >= 4 is 29.9 Å². The van der Waals surface area contributed by atoms with Gasteiger partial charge in [0.2, 0.25) is 0 Å². The molecule has 0 aliphatic carbocycles. The van der Waals surface area contributed by atoms with E-state index in [0.29, 0.717) is 5.96 Å². The molecule has 1 aliphatic rings.